The quantitative estimate of drug-likeness (QED) is 0.0212. The molecule has 0 aliphatic heterocycles. The third kappa shape index (κ3) is 61.2. The lowest BCUT2D eigenvalue weighted by atomic mass is 10.0. The number of carbonyl (C=O) groups excluding carboxylic acids is 2. The summed E-state index contributed by atoms with van der Waals surface area (Å²) in [7, 11) is 1.16. The summed E-state index contributed by atoms with van der Waals surface area (Å²) in [4.78, 5) is 40.1. The van der Waals surface area contributed by atoms with Crippen molar-refractivity contribution < 1.29 is 37.3 Å². The zero-order valence-electron chi connectivity index (χ0n) is 53.9. The van der Waals surface area contributed by atoms with Crippen LogP contribution in [0.5, 0.6) is 0 Å². The molecule has 0 spiro atoms. The monoisotopic (exact) mass is 1160 g/mol. The molecule has 1 amide bonds. The molecule has 0 bridgehead atoms. The van der Waals surface area contributed by atoms with Gasteiger partial charge >= 0.3 is 5.97 Å². The number of nitrogens with one attached hydrogen (secondary N) is 1. The van der Waals surface area contributed by atoms with E-state index in [4.69, 9.17) is 13.8 Å². The first-order chi connectivity index (χ1) is 39.9. The van der Waals surface area contributed by atoms with Crippen molar-refractivity contribution in [3.05, 3.63) is 109 Å². The molecule has 0 fully saturated rings. The fraction of sp³-hybridized carbons (Fsp3) is 0.722. The van der Waals surface area contributed by atoms with Crippen LogP contribution in [-0.2, 0) is 27.9 Å². The SMILES string of the molecule is CC/C=C\C/C=C\C/C=C\C/C=C\C/C=C\CCCCCCCCCCCCCC(=O)OC(/C=C\CCCCCCCCCCCC)C(COP(=O)([O-])OCC[N+](C)(C)C)NC(=O)CCCCCC/C=C\C/C=C\C/C=C\CCCCC. The summed E-state index contributed by atoms with van der Waals surface area (Å²) in [6, 6.07) is -0.908. The number of esters is 1. The summed E-state index contributed by atoms with van der Waals surface area (Å²) < 4.78 is 30.4. The molecule has 0 aromatic rings. The van der Waals surface area contributed by atoms with Crippen molar-refractivity contribution in [2.24, 2.45) is 0 Å². The van der Waals surface area contributed by atoms with Crippen molar-refractivity contribution in [2.45, 2.75) is 296 Å². The van der Waals surface area contributed by atoms with Gasteiger partial charge in [0.1, 0.15) is 19.3 Å². The smallest absolute Gasteiger partial charge is 0.306 e. The number of hydrogen-bond donors (Lipinski definition) is 1. The fourth-order valence-corrected chi connectivity index (χ4v) is 9.98. The second-order valence-corrected chi connectivity index (χ2v) is 25.0. The molecule has 1 N–H and O–H groups in total. The van der Waals surface area contributed by atoms with Gasteiger partial charge in [-0.25, -0.2) is 0 Å². The molecule has 10 heteroatoms. The summed E-state index contributed by atoms with van der Waals surface area (Å²) in [5.41, 5.74) is 0. The number of carbonyl (C=O) groups is 2. The fourth-order valence-electron chi connectivity index (χ4n) is 9.26. The second-order valence-electron chi connectivity index (χ2n) is 23.6. The van der Waals surface area contributed by atoms with E-state index < -0.39 is 26.6 Å². The van der Waals surface area contributed by atoms with E-state index in [-0.39, 0.29) is 31.3 Å². The van der Waals surface area contributed by atoms with E-state index in [1.165, 1.54) is 122 Å². The van der Waals surface area contributed by atoms with E-state index >= 15 is 0 Å². The van der Waals surface area contributed by atoms with Gasteiger partial charge in [0.05, 0.1) is 33.8 Å². The number of allylic oxidation sites excluding steroid dienone is 17. The van der Waals surface area contributed by atoms with Crippen LogP contribution < -0.4 is 10.2 Å². The zero-order valence-corrected chi connectivity index (χ0v) is 54.8. The van der Waals surface area contributed by atoms with Crippen molar-refractivity contribution in [1.29, 1.82) is 0 Å². The maximum absolute atomic E-state index is 13.5. The Morgan fingerprint density at radius 2 is 0.780 bits per heavy atom. The van der Waals surface area contributed by atoms with Crippen LogP contribution in [0.15, 0.2) is 109 Å². The summed E-state index contributed by atoms with van der Waals surface area (Å²) >= 11 is 0. The van der Waals surface area contributed by atoms with Gasteiger partial charge in [0.2, 0.25) is 5.91 Å². The predicted molar refractivity (Wildman–Crippen MR) is 353 cm³/mol. The molecule has 0 rings (SSSR count). The minimum atomic E-state index is -4.71. The van der Waals surface area contributed by atoms with Gasteiger partial charge in [0.25, 0.3) is 7.82 Å². The van der Waals surface area contributed by atoms with Crippen LogP contribution in [0, 0.1) is 0 Å². The van der Waals surface area contributed by atoms with Crippen LogP contribution in [0.1, 0.15) is 284 Å². The van der Waals surface area contributed by atoms with E-state index in [0.717, 1.165) is 122 Å². The molecule has 3 atom stereocenters. The summed E-state index contributed by atoms with van der Waals surface area (Å²) in [5, 5.41) is 3.02. The Morgan fingerprint density at radius 1 is 0.439 bits per heavy atom. The third-order valence-electron chi connectivity index (χ3n) is 14.4. The Hall–Kier alpha value is -3.33. The van der Waals surface area contributed by atoms with Crippen molar-refractivity contribution >= 4 is 19.7 Å². The van der Waals surface area contributed by atoms with Crippen molar-refractivity contribution in [2.75, 3.05) is 40.9 Å². The number of hydrogen-bond acceptors (Lipinski definition) is 7. The molecule has 0 aliphatic rings. The van der Waals surface area contributed by atoms with Crippen LogP contribution in [0.4, 0.5) is 0 Å². The number of quaternary nitrogens is 1. The molecular formula is C72H127N2O7P. The minimum Gasteiger partial charge on any atom is -0.756 e. The zero-order chi connectivity index (χ0) is 60.0. The highest BCUT2D eigenvalue weighted by atomic mass is 31.2. The van der Waals surface area contributed by atoms with Crippen LogP contribution in [0.25, 0.3) is 0 Å². The third-order valence-corrected chi connectivity index (χ3v) is 15.4. The van der Waals surface area contributed by atoms with Crippen LogP contribution in [-0.4, -0.2) is 69.4 Å². The minimum absolute atomic E-state index is 0.0318. The van der Waals surface area contributed by atoms with Gasteiger partial charge in [-0.2, -0.15) is 0 Å². The van der Waals surface area contributed by atoms with E-state index in [1.54, 1.807) is 0 Å². The molecule has 0 aromatic carbocycles. The van der Waals surface area contributed by atoms with Gasteiger partial charge in [-0.3, -0.25) is 14.2 Å². The number of rotatable bonds is 60. The molecule has 472 valence electrons. The highest BCUT2D eigenvalue weighted by molar-refractivity contribution is 7.45. The van der Waals surface area contributed by atoms with Crippen LogP contribution >= 0.6 is 7.82 Å². The topological polar surface area (TPSA) is 114 Å². The maximum Gasteiger partial charge on any atom is 0.306 e. The molecule has 0 radical (unpaired) electrons. The first-order valence-electron chi connectivity index (χ1n) is 33.7. The lowest BCUT2D eigenvalue weighted by Crippen LogP contribution is -2.47. The lowest BCUT2D eigenvalue weighted by Gasteiger charge is -2.30. The average molecular weight is 1160 g/mol. The first kappa shape index (κ1) is 78.7. The van der Waals surface area contributed by atoms with E-state index in [9.17, 15) is 19.0 Å². The number of likely N-dealkylation sites (N-methyl/N-ethyl adjacent to an activating group) is 1. The Balaban J connectivity index is 5.13. The molecule has 0 heterocycles. The van der Waals surface area contributed by atoms with E-state index in [1.807, 2.05) is 33.3 Å². The van der Waals surface area contributed by atoms with Crippen molar-refractivity contribution in [3.63, 3.8) is 0 Å². The number of unbranched alkanes of at least 4 members (excludes halogenated alkanes) is 28. The van der Waals surface area contributed by atoms with Crippen LogP contribution in [0.2, 0.25) is 0 Å². The van der Waals surface area contributed by atoms with E-state index in [0.29, 0.717) is 17.4 Å². The van der Waals surface area contributed by atoms with Gasteiger partial charge in [0.15, 0.2) is 0 Å². The average Bonchev–Trinajstić information content (AvgIpc) is 3.44. The van der Waals surface area contributed by atoms with Crippen LogP contribution in [0.3, 0.4) is 0 Å². The van der Waals surface area contributed by atoms with E-state index in [2.05, 4.69) is 123 Å². The molecule has 9 nitrogen and oxygen atoms in total. The molecule has 0 saturated heterocycles. The number of nitrogens with zero attached hydrogens (tertiary/aromatic N) is 1. The number of ether oxygens (including phenoxy) is 1. The molecule has 0 saturated carbocycles. The first-order valence-corrected chi connectivity index (χ1v) is 35.2. The summed E-state index contributed by atoms with van der Waals surface area (Å²) in [5.74, 6) is -0.571. The van der Waals surface area contributed by atoms with Crippen molar-refractivity contribution in [3.8, 4) is 0 Å². The molecule has 0 aliphatic carbocycles. The Bertz CT molecular complexity index is 1770. The highest BCUT2D eigenvalue weighted by Gasteiger charge is 2.27. The second kappa shape index (κ2) is 60.8. The highest BCUT2D eigenvalue weighted by Crippen LogP contribution is 2.38. The Labute approximate surface area is 506 Å². The molecule has 82 heavy (non-hydrogen) atoms. The normalized spacial score (nSPS) is 14.3. The van der Waals surface area contributed by atoms with Crippen molar-refractivity contribution in [1.82, 2.24) is 5.32 Å². The maximum atomic E-state index is 13.5. The largest absolute Gasteiger partial charge is 0.756 e. The predicted octanol–water partition coefficient (Wildman–Crippen LogP) is 20.7. The van der Waals surface area contributed by atoms with Gasteiger partial charge in [-0.1, -0.05) is 265 Å². The number of amides is 1. The Kier molecular flexibility index (Phi) is 58.3. The molecular weight excluding hydrogens is 1040 g/mol. The van der Waals surface area contributed by atoms with Gasteiger partial charge < -0.3 is 28.5 Å². The number of phosphoric acid groups is 1. The number of phosphoric ester groups is 1. The van der Waals surface area contributed by atoms with Gasteiger partial charge in [0, 0.05) is 12.8 Å². The van der Waals surface area contributed by atoms with Gasteiger partial charge in [-0.05, 0) is 115 Å². The molecule has 3 unspecified atom stereocenters. The summed E-state index contributed by atoms with van der Waals surface area (Å²) in [6.07, 6.45) is 83.5. The van der Waals surface area contributed by atoms with Gasteiger partial charge in [-0.15, -0.1) is 0 Å². The summed E-state index contributed by atoms with van der Waals surface area (Å²) in [6.45, 7) is 6.68. The lowest BCUT2D eigenvalue weighted by molar-refractivity contribution is -0.870. The Morgan fingerprint density at radius 3 is 1.20 bits per heavy atom. The molecule has 0 aromatic heterocycles. The standard InChI is InChI=1S/C72H127N2O7P/c1-7-10-13-16-19-22-25-28-30-32-33-34-35-36-37-38-39-40-41-43-45-47-50-53-56-59-62-65-72(76)81-70(63-60-57-54-51-48-27-24-21-18-15-12-9-3)69(68-80-82(77,78)79-67-66-74(4,5)6)73-71(75)64-61-58-55-52-49-46-44-42-31-29-26-23-20-17-14-11-8-2/h10,13,19-20,22-23,28-31,33-34,36-37,44,46,60,63,69-70H,7-9,11-12,14-18,21,24-27,32,35,38-43,45,47-59,61-62,64-68H2,1-6H3,(H-,73,75,77,78)/b13-10-,22-19-,23-20-,30-28-,31-29-,34-33-,37-36-,46-44-,63-60-.